The molecule has 0 saturated heterocycles. The molecule has 0 aliphatic carbocycles. The average molecular weight is 339 g/mol. The molecular weight excluding hydrogens is 318 g/mol. The maximum atomic E-state index is 11.9. The molecule has 124 valence electrons. The average Bonchev–Trinajstić information content (AvgIpc) is 2.45. The minimum absolute atomic E-state index is 0.0858. The molecule has 0 aliphatic heterocycles. The second kappa shape index (κ2) is 7.14. The highest BCUT2D eigenvalue weighted by atomic mass is 32.2. The number of Topliss-reactive ketones (excluding diaryl/α,β-unsaturated/α-hetero) is 1. The van der Waals surface area contributed by atoms with Gasteiger partial charge in [-0.05, 0) is 63.8 Å². The second-order valence-electron chi connectivity index (χ2n) is 5.98. The van der Waals surface area contributed by atoms with Gasteiger partial charge in [-0.15, -0.1) is 11.8 Å². The minimum Gasteiger partial charge on any atom is -0.294 e. The number of aromatic nitrogens is 2. The first-order valence-corrected chi connectivity index (χ1v) is 8.73. The van der Waals surface area contributed by atoms with Gasteiger partial charge in [-0.25, -0.2) is 9.97 Å². The number of carbonyl (C=O) groups is 1. The lowest BCUT2D eigenvalue weighted by atomic mass is 9.92. The molecule has 1 heterocycles. The van der Waals surface area contributed by atoms with E-state index in [0.717, 1.165) is 27.8 Å². The summed E-state index contributed by atoms with van der Waals surface area (Å²) < 4.78 is 0. The molecule has 4 nitrogen and oxygen atoms in total. The summed E-state index contributed by atoms with van der Waals surface area (Å²) in [4.78, 5) is 20.6. The molecule has 2 rings (SSSR count). The van der Waals surface area contributed by atoms with Gasteiger partial charge in [0, 0.05) is 11.3 Å². The third-order valence-corrected chi connectivity index (χ3v) is 5.12. The summed E-state index contributed by atoms with van der Waals surface area (Å²) in [5.74, 6) is 1.42. The normalized spacial score (nSPS) is 10.5. The van der Waals surface area contributed by atoms with E-state index < -0.39 is 0 Å². The van der Waals surface area contributed by atoms with Crippen molar-refractivity contribution in [1.29, 1.82) is 5.26 Å². The van der Waals surface area contributed by atoms with Crippen LogP contribution in [0, 0.1) is 45.9 Å². The van der Waals surface area contributed by atoms with Crippen molar-refractivity contribution in [2.45, 2.75) is 52.3 Å². The van der Waals surface area contributed by atoms with Crippen molar-refractivity contribution in [3.63, 3.8) is 0 Å². The molecule has 0 radical (unpaired) electrons. The Morgan fingerprint density at radius 2 is 1.83 bits per heavy atom. The third-order valence-electron chi connectivity index (χ3n) is 4.12. The zero-order valence-electron chi connectivity index (χ0n) is 14.9. The van der Waals surface area contributed by atoms with Crippen LogP contribution in [0.15, 0.2) is 11.1 Å². The molecular formula is C19H21N3OS. The number of hydrogen-bond acceptors (Lipinski definition) is 5. The second-order valence-corrected chi connectivity index (χ2v) is 6.95. The molecule has 0 fully saturated rings. The highest BCUT2D eigenvalue weighted by Gasteiger charge is 2.16. The smallest absolute Gasteiger partial charge is 0.160 e. The zero-order chi connectivity index (χ0) is 18.0. The van der Waals surface area contributed by atoms with Gasteiger partial charge >= 0.3 is 0 Å². The molecule has 5 heteroatoms. The first kappa shape index (κ1) is 18.2. The van der Waals surface area contributed by atoms with Crippen LogP contribution in [0.2, 0.25) is 0 Å². The van der Waals surface area contributed by atoms with E-state index in [-0.39, 0.29) is 5.78 Å². The summed E-state index contributed by atoms with van der Waals surface area (Å²) in [5, 5.41) is 10.1. The van der Waals surface area contributed by atoms with Crippen molar-refractivity contribution >= 4 is 17.5 Å². The van der Waals surface area contributed by atoms with Crippen molar-refractivity contribution in [2.75, 3.05) is 0 Å². The van der Waals surface area contributed by atoms with Crippen LogP contribution in [0.5, 0.6) is 0 Å². The number of rotatable bonds is 4. The Morgan fingerprint density at radius 3 is 2.42 bits per heavy atom. The van der Waals surface area contributed by atoms with Gasteiger partial charge < -0.3 is 0 Å². The molecule has 0 bridgehead atoms. The maximum Gasteiger partial charge on any atom is 0.160 e. The lowest BCUT2D eigenvalue weighted by Gasteiger charge is -2.16. The largest absolute Gasteiger partial charge is 0.294 e. The van der Waals surface area contributed by atoms with Crippen molar-refractivity contribution in [3.05, 3.63) is 51.0 Å². The molecule has 0 atom stereocenters. The molecule has 0 saturated carbocycles. The van der Waals surface area contributed by atoms with E-state index in [0.29, 0.717) is 27.9 Å². The van der Waals surface area contributed by atoms with Crippen LogP contribution in [0.25, 0.3) is 0 Å². The van der Waals surface area contributed by atoms with E-state index >= 15 is 0 Å². The number of ketones is 1. The lowest BCUT2D eigenvalue weighted by molar-refractivity contribution is 0.101. The fraction of sp³-hybridized carbons (Fsp3) is 0.368. The molecule has 0 aliphatic rings. The lowest BCUT2D eigenvalue weighted by Crippen LogP contribution is -2.06. The van der Waals surface area contributed by atoms with Gasteiger partial charge in [-0.2, -0.15) is 5.26 Å². The molecule has 0 amide bonds. The fourth-order valence-corrected chi connectivity index (χ4v) is 4.30. The first-order chi connectivity index (χ1) is 11.3. The van der Waals surface area contributed by atoms with Gasteiger partial charge in [0.25, 0.3) is 0 Å². The van der Waals surface area contributed by atoms with Crippen LogP contribution < -0.4 is 0 Å². The summed E-state index contributed by atoms with van der Waals surface area (Å²) in [6, 6.07) is 4.25. The van der Waals surface area contributed by atoms with E-state index in [9.17, 15) is 10.1 Å². The molecule has 0 unspecified atom stereocenters. The van der Waals surface area contributed by atoms with Gasteiger partial charge in [-0.1, -0.05) is 6.07 Å². The standard InChI is InChI=1S/C19H21N3OS/c1-10-7-11(2)18(14(5)23)12(3)17(10)9-24-19-16(8-20)13(4)21-15(6)22-19/h7H,9H2,1-6H3. The summed E-state index contributed by atoms with van der Waals surface area (Å²) in [7, 11) is 0. The van der Waals surface area contributed by atoms with Crippen LogP contribution in [0.4, 0.5) is 0 Å². The van der Waals surface area contributed by atoms with Crippen LogP contribution in [0.1, 0.15) is 56.6 Å². The molecule has 0 spiro atoms. The molecule has 24 heavy (non-hydrogen) atoms. The van der Waals surface area contributed by atoms with E-state index in [1.165, 1.54) is 11.8 Å². The SMILES string of the molecule is CC(=O)c1c(C)cc(C)c(CSc2nc(C)nc(C)c2C#N)c1C. The van der Waals surface area contributed by atoms with Gasteiger partial charge in [-0.3, -0.25) is 4.79 Å². The third kappa shape index (κ3) is 3.49. The number of hydrogen-bond donors (Lipinski definition) is 0. The Morgan fingerprint density at radius 1 is 1.17 bits per heavy atom. The summed E-state index contributed by atoms with van der Waals surface area (Å²) in [6.45, 7) is 11.3. The fourth-order valence-electron chi connectivity index (χ4n) is 3.05. The number of thioether (sulfide) groups is 1. The minimum atomic E-state index is 0.0858. The van der Waals surface area contributed by atoms with E-state index in [1.54, 1.807) is 6.92 Å². The number of aryl methyl sites for hydroxylation is 4. The van der Waals surface area contributed by atoms with Crippen molar-refractivity contribution in [3.8, 4) is 6.07 Å². The Kier molecular flexibility index (Phi) is 5.40. The predicted molar refractivity (Wildman–Crippen MR) is 96.4 cm³/mol. The van der Waals surface area contributed by atoms with Crippen molar-refractivity contribution in [2.24, 2.45) is 0 Å². The Balaban J connectivity index is 2.43. The monoisotopic (exact) mass is 339 g/mol. The van der Waals surface area contributed by atoms with Gasteiger partial charge in [0.05, 0.1) is 5.69 Å². The molecule has 1 aromatic heterocycles. The van der Waals surface area contributed by atoms with Crippen LogP contribution in [-0.2, 0) is 5.75 Å². The summed E-state index contributed by atoms with van der Waals surface area (Å²) in [5.41, 5.74) is 6.35. The first-order valence-electron chi connectivity index (χ1n) is 7.75. The van der Waals surface area contributed by atoms with Crippen molar-refractivity contribution in [1.82, 2.24) is 9.97 Å². The molecule has 1 aromatic carbocycles. The quantitative estimate of drug-likeness (QED) is 0.469. The maximum absolute atomic E-state index is 11.9. The van der Waals surface area contributed by atoms with E-state index in [4.69, 9.17) is 0 Å². The van der Waals surface area contributed by atoms with Gasteiger partial charge in [0.15, 0.2) is 5.78 Å². The van der Waals surface area contributed by atoms with Crippen LogP contribution >= 0.6 is 11.8 Å². The number of benzene rings is 1. The molecule has 0 N–H and O–H groups in total. The van der Waals surface area contributed by atoms with E-state index in [1.807, 2.05) is 27.7 Å². The number of nitrogens with zero attached hydrogens (tertiary/aromatic N) is 3. The number of nitriles is 1. The Hall–Kier alpha value is -2.19. The van der Waals surface area contributed by atoms with Crippen molar-refractivity contribution < 1.29 is 4.79 Å². The summed E-state index contributed by atoms with van der Waals surface area (Å²) in [6.07, 6.45) is 0. The van der Waals surface area contributed by atoms with Gasteiger partial charge in [0.2, 0.25) is 0 Å². The number of carbonyl (C=O) groups excluding carboxylic acids is 1. The summed E-state index contributed by atoms with van der Waals surface area (Å²) >= 11 is 1.52. The zero-order valence-corrected chi connectivity index (χ0v) is 15.8. The van der Waals surface area contributed by atoms with Crippen LogP contribution in [-0.4, -0.2) is 15.8 Å². The van der Waals surface area contributed by atoms with Crippen LogP contribution in [0.3, 0.4) is 0 Å². The topological polar surface area (TPSA) is 66.6 Å². The molecule has 2 aromatic rings. The Labute approximate surface area is 147 Å². The predicted octanol–water partition coefficient (Wildman–Crippen LogP) is 4.39. The van der Waals surface area contributed by atoms with Gasteiger partial charge in [0.1, 0.15) is 22.5 Å². The van der Waals surface area contributed by atoms with E-state index in [2.05, 4.69) is 29.0 Å². The highest BCUT2D eigenvalue weighted by molar-refractivity contribution is 7.98. The Bertz CT molecular complexity index is 866. The highest BCUT2D eigenvalue weighted by Crippen LogP contribution is 2.31.